The molecule has 1 aromatic carbocycles. The summed E-state index contributed by atoms with van der Waals surface area (Å²) in [5, 5.41) is 23.3. The van der Waals surface area contributed by atoms with Crippen molar-refractivity contribution < 1.29 is 9.90 Å². The van der Waals surface area contributed by atoms with E-state index in [-0.39, 0.29) is 23.7 Å². The number of aliphatic hydroxyl groups excluding tert-OH is 1. The van der Waals surface area contributed by atoms with Gasteiger partial charge in [-0.3, -0.25) is 14.8 Å². The Balaban J connectivity index is 1.16. The van der Waals surface area contributed by atoms with Crippen molar-refractivity contribution in [3.8, 4) is 11.4 Å². The second kappa shape index (κ2) is 11.4. The summed E-state index contributed by atoms with van der Waals surface area (Å²) < 4.78 is 0. The minimum absolute atomic E-state index is 0.0345. The Morgan fingerprint density at radius 3 is 2.35 bits per heavy atom. The third kappa shape index (κ3) is 5.74. The Hall–Kier alpha value is -3.74. The van der Waals surface area contributed by atoms with E-state index in [1.165, 1.54) is 31.6 Å². The lowest BCUT2D eigenvalue weighted by Gasteiger charge is -2.42. The van der Waals surface area contributed by atoms with E-state index in [0.29, 0.717) is 36.1 Å². The van der Waals surface area contributed by atoms with Crippen molar-refractivity contribution in [2.45, 2.75) is 43.9 Å². The van der Waals surface area contributed by atoms with Crippen LogP contribution in [0, 0.1) is 0 Å². The zero-order chi connectivity index (χ0) is 27.6. The second-order valence-electron chi connectivity index (χ2n) is 11.1. The van der Waals surface area contributed by atoms with Gasteiger partial charge in [0.05, 0.1) is 6.10 Å². The lowest BCUT2D eigenvalue weighted by Crippen LogP contribution is -2.52. The van der Waals surface area contributed by atoms with Crippen LogP contribution < -0.4 is 21.3 Å². The number of carbonyl (C=O) groups is 1. The third-order valence-corrected chi connectivity index (χ3v) is 8.34. The summed E-state index contributed by atoms with van der Waals surface area (Å²) in [5.41, 5.74) is 8.69. The zero-order valence-electron chi connectivity index (χ0n) is 22.9. The van der Waals surface area contributed by atoms with Gasteiger partial charge in [-0.2, -0.15) is 5.10 Å². The van der Waals surface area contributed by atoms with Crippen LogP contribution in [0.2, 0.25) is 0 Å². The molecule has 12 nitrogen and oxygen atoms in total. The van der Waals surface area contributed by atoms with Crippen LogP contribution in [-0.2, 0) is 0 Å². The molecule has 6 rings (SSSR count). The summed E-state index contributed by atoms with van der Waals surface area (Å²) in [7, 11) is 2.20. The maximum atomic E-state index is 12.4. The van der Waals surface area contributed by atoms with Crippen LogP contribution in [0.15, 0.2) is 36.5 Å². The van der Waals surface area contributed by atoms with Crippen LogP contribution in [-0.4, -0.2) is 105 Å². The minimum atomic E-state index is -0.683. The maximum absolute atomic E-state index is 12.4. The number of piperazine rings is 1. The van der Waals surface area contributed by atoms with Gasteiger partial charge in [0.15, 0.2) is 17.3 Å². The van der Waals surface area contributed by atoms with Gasteiger partial charge in [-0.05, 0) is 63.1 Å². The van der Waals surface area contributed by atoms with Crippen LogP contribution in [0.1, 0.15) is 36.2 Å². The van der Waals surface area contributed by atoms with Crippen LogP contribution >= 0.6 is 0 Å². The highest BCUT2D eigenvalue weighted by Gasteiger charge is 2.30. The van der Waals surface area contributed by atoms with E-state index in [4.69, 9.17) is 10.7 Å². The number of carbonyl (C=O) groups excluding carboxylic acids is 1. The van der Waals surface area contributed by atoms with E-state index in [9.17, 15) is 9.90 Å². The zero-order valence-corrected chi connectivity index (χ0v) is 22.9. The molecule has 0 bridgehead atoms. The highest BCUT2D eigenvalue weighted by molar-refractivity contribution is 5.97. The number of benzene rings is 1. The number of rotatable bonds is 8. The number of hydrogen-bond donors (Lipinski definition) is 5. The van der Waals surface area contributed by atoms with E-state index >= 15 is 0 Å². The minimum Gasteiger partial charge on any atom is -0.393 e. The average molecular weight is 547 g/mol. The van der Waals surface area contributed by atoms with Crippen LogP contribution in [0.5, 0.6) is 0 Å². The maximum Gasteiger partial charge on any atom is 0.271 e. The van der Waals surface area contributed by atoms with Crippen LogP contribution in [0.25, 0.3) is 11.4 Å². The molecule has 0 unspecified atom stereocenters. The lowest BCUT2D eigenvalue weighted by molar-refractivity contribution is 0.0835. The fourth-order valence-electron chi connectivity index (χ4n) is 5.83. The monoisotopic (exact) mass is 546 g/mol. The smallest absolute Gasteiger partial charge is 0.271 e. The molecule has 0 spiro atoms. The number of aromatic amines is 1. The van der Waals surface area contributed by atoms with Crippen molar-refractivity contribution in [1.82, 2.24) is 30.0 Å². The van der Waals surface area contributed by atoms with E-state index in [1.807, 2.05) is 12.1 Å². The molecule has 4 heterocycles. The number of aromatic nitrogens is 4. The van der Waals surface area contributed by atoms with Gasteiger partial charge in [0.1, 0.15) is 11.4 Å². The Kier molecular flexibility index (Phi) is 7.55. The summed E-state index contributed by atoms with van der Waals surface area (Å²) in [5.74, 6) is 0.0727. The molecular weight excluding hydrogens is 508 g/mol. The molecule has 2 aromatic heterocycles. The van der Waals surface area contributed by atoms with Gasteiger partial charge in [0, 0.05) is 68.9 Å². The first kappa shape index (κ1) is 26.5. The molecule has 1 aliphatic carbocycles. The molecule has 0 atom stereocenters. The molecular formula is C28H38N10O2. The lowest BCUT2D eigenvalue weighted by atomic mass is 9.89. The van der Waals surface area contributed by atoms with Crippen molar-refractivity contribution in [1.29, 1.82) is 0 Å². The number of piperidine rings is 1. The molecule has 0 radical (unpaired) electrons. The number of likely N-dealkylation sites (N-methyl/N-ethyl adjacent to an activating group) is 1. The van der Waals surface area contributed by atoms with Gasteiger partial charge in [-0.15, -0.1) is 0 Å². The molecule has 6 N–H and O–H groups in total. The van der Waals surface area contributed by atoms with E-state index in [0.717, 1.165) is 31.9 Å². The van der Waals surface area contributed by atoms with Crippen LogP contribution in [0.4, 0.5) is 23.0 Å². The first-order chi connectivity index (χ1) is 19.4. The van der Waals surface area contributed by atoms with Crippen LogP contribution in [0.3, 0.4) is 0 Å². The van der Waals surface area contributed by atoms with E-state index in [2.05, 4.69) is 59.7 Å². The fraction of sp³-hybridized carbons (Fsp3) is 0.500. The number of H-pyrrole nitrogens is 1. The Bertz CT molecular complexity index is 1290. The Morgan fingerprint density at radius 1 is 1.00 bits per heavy atom. The summed E-state index contributed by atoms with van der Waals surface area (Å²) in [6.45, 7) is 6.73. The topological polar surface area (TPSA) is 152 Å². The fourth-order valence-corrected chi connectivity index (χ4v) is 5.83. The Morgan fingerprint density at radius 2 is 1.73 bits per heavy atom. The number of aliphatic hydroxyl groups is 1. The molecule has 12 heteroatoms. The van der Waals surface area contributed by atoms with Gasteiger partial charge >= 0.3 is 0 Å². The van der Waals surface area contributed by atoms with Crippen molar-refractivity contribution in [3.63, 3.8) is 0 Å². The number of nitrogens with zero attached hydrogens (tertiary/aromatic N) is 6. The van der Waals surface area contributed by atoms with Gasteiger partial charge in [-0.25, -0.2) is 9.97 Å². The molecule has 3 fully saturated rings. The largest absolute Gasteiger partial charge is 0.393 e. The molecule has 3 aliphatic rings. The van der Waals surface area contributed by atoms with Gasteiger partial charge in [-0.1, -0.05) is 0 Å². The number of hydrogen-bond acceptors (Lipinski definition) is 10. The number of anilines is 4. The summed E-state index contributed by atoms with van der Waals surface area (Å²) in [6, 6.07) is 10.7. The average Bonchev–Trinajstić information content (AvgIpc) is 3.48. The van der Waals surface area contributed by atoms with Gasteiger partial charge in [0.2, 0.25) is 0 Å². The quantitative estimate of drug-likeness (QED) is 0.283. The summed E-state index contributed by atoms with van der Waals surface area (Å²) in [6.07, 6.45) is 4.96. The van der Waals surface area contributed by atoms with Crippen molar-refractivity contribution in [2.24, 2.45) is 5.73 Å². The summed E-state index contributed by atoms with van der Waals surface area (Å²) in [4.78, 5) is 29.2. The Labute approximate surface area is 234 Å². The molecule has 2 aliphatic heterocycles. The summed E-state index contributed by atoms with van der Waals surface area (Å²) >= 11 is 0. The normalized spacial score (nSPS) is 22.6. The molecule has 3 aromatic rings. The van der Waals surface area contributed by atoms with Crippen molar-refractivity contribution >= 4 is 28.9 Å². The van der Waals surface area contributed by atoms with Crippen molar-refractivity contribution in [3.05, 3.63) is 42.2 Å². The highest BCUT2D eigenvalue weighted by atomic mass is 16.3. The molecule has 40 heavy (non-hydrogen) atoms. The van der Waals surface area contributed by atoms with Gasteiger partial charge in [0.25, 0.3) is 5.91 Å². The number of amides is 1. The number of nitrogens with two attached hydrogens (primary N) is 1. The molecule has 212 valence electrons. The number of primary amides is 1. The first-order valence-electron chi connectivity index (χ1n) is 14.1. The first-order valence-corrected chi connectivity index (χ1v) is 14.1. The predicted octanol–water partition coefficient (Wildman–Crippen LogP) is 1.86. The third-order valence-electron chi connectivity index (χ3n) is 8.34. The van der Waals surface area contributed by atoms with E-state index in [1.54, 1.807) is 12.3 Å². The van der Waals surface area contributed by atoms with E-state index < -0.39 is 5.91 Å². The number of nitrogens with one attached hydrogen (secondary N) is 3. The molecule has 1 amide bonds. The molecule has 2 saturated heterocycles. The van der Waals surface area contributed by atoms with Gasteiger partial charge < -0.3 is 31.3 Å². The molecule has 1 saturated carbocycles. The highest BCUT2D eigenvalue weighted by Crippen LogP contribution is 2.32. The SMILES string of the molecule is CN1CCN(C2CCN(c3ccc(Nc4nc(N[C@H]5C[C@@H](O)C5)c(-c5cc[nH]n5)nc4C(N)=O)cc3)CC2)CC1. The standard InChI is InChI=1S/C28H38N10O2/c1-36-12-14-38(15-13-36)21-7-10-37(11-8-21)20-4-2-18(3-5-20)31-28-25(26(29)40)33-24(23-6-9-30-35-23)27(34-28)32-19-16-22(39)17-19/h2-6,9,19,21-22,39H,7-8,10-17H2,1H3,(H2,29,40)(H,30,35)(H2,31,32,34)/t19-,22+. The predicted molar refractivity (Wildman–Crippen MR) is 155 cm³/mol. The van der Waals surface area contributed by atoms with Crippen molar-refractivity contribution in [2.75, 3.05) is 61.8 Å². The second-order valence-corrected chi connectivity index (χ2v) is 11.1.